The number of benzene rings is 3. The monoisotopic (exact) mass is 505 g/mol. The summed E-state index contributed by atoms with van der Waals surface area (Å²) in [6, 6.07) is 20.7. The number of thioether (sulfide) groups is 1. The maximum atomic E-state index is 13.3. The Labute approximate surface area is 209 Å². The predicted molar refractivity (Wildman–Crippen MR) is 137 cm³/mol. The predicted octanol–water partition coefficient (Wildman–Crippen LogP) is 6.03. The molecule has 1 aliphatic rings. The van der Waals surface area contributed by atoms with Gasteiger partial charge in [-0.25, -0.2) is 9.37 Å². The zero-order valence-corrected chi connectivity index (χ0v) is 20.0. The number of thiazole rings is 1. The van der Waals surface area contributed by atoms with Gasteiger partial charge in [-0.1, -0.05) is 36.4 Å². The van der Waals surface area contributed by atoms with Crippen LogP contribution in [0.1, 0.15) is 22.7 Å². The van der Waals surface area contributed by atoms with Gasteiger partial charge in [-0.05, 0) is 36.4 Å². The number of rotatable bonds is 7. The number of halogens is 1. The van der Waals surface area contributed by atoms with Crippen LogP contribution in [0.25, 0.3) is 0 Å². The van der Waals surface area contributed by atoms with Crippen molar-refractivity contribution in [3.8, 4) is 11.5 Å². The number of anilines is 2. The standard InChI is InChI=1S/C26H20FN3O3S2/c27-16-9-11-17(12-10-16)28-23(31)15-34-13-18-14-35-26(29-18)30-25(32)24-19-5-1-3-7-21(19)33-22-8-4-2-6-20(22)24/h1-12,14,24H,13,15H2,(H,28,31)(H,29,30,32). The molecule has 0 spiro atoms. The highest BCUT2D eigenvalue weighted by Gasteiger charge is 2.32. The van der Waals surface area contributed by atoms with Gasteiger partial charge in [-0.15, -0.1) is 23.1 Å². The molecule has 0 aliphatic carbocycles. The van der Waals surface area contributed by atoms with Crippen LogP contribution in [-0.2, 0) is 15.3 Å². The molecular weight excluding hydrogens is 485 g/mol. The molecule has 4 aromatic rings. The Balaban J connectivity index is 1.19. The lowest BCUT2D eigenvalue weighted by molar-refractivity contribution is -0.117. The van der Waals surface area contributed by atoms with E-state index >= 15 is 0 Å². The summed E-state index contributed by atoms with van der Waals surface area (Å²) >= 11 is 2.75. The van der Waals surface area contributed by atoms with E-state index < -0.39 is 5.92 Å². The van der Waals surface area contributed by atoms with E-state index in [-0.39, 0.29) is 23.4 Å². The summed E-state index contributed by atoms with van der Waals surface area (Å²) in [6.07, 6.45) is 0. The van der Waals surface area contributed by atoms with E-state index in [0.717, 1.165) is 16.8 Å². The molecule has 2 amide bonds. The topological polar surface area (TPSA) is 80.3 Å². The van der Waals surface area contributed by atoms with Crippen LogP contribution in [0.4, 0.5) is 15.2 Å². The van der Waals surface area contributed by atoms with Gasteiger partial charge in [0.25, 0.3) is 0 Å². The Kier molecular flexibility index (Phi) is 6.78. The smallest absolute Gasteiger partial charge is 0.238 e. The summed E-state index contributed by atoms with van der Waals surface area (Å²) in [5.74, 6) is 0.867. The van der Waals surface area contributed by atoms with Crippen molar-refractivity contribution in [1.29, 1.82) is 0 Å². The quantitative estimate of drug-likeness (QED) is 0.321. The van der Waals surface area contributed by atoms with E-state index in [2.05, 4.69) is 15.6 Å². The first-order valence-electron chi connectivity index (χ1n) is 10.8. The molecule has 2 N–H and O–H groups in total. The minimum atomic E-state index is -0.506. The van der Waals surface area contributed by atoms with E-state index in [9.17, 15) is 14.0 Å². The number of nitrogens with one attached hydrogen (secondary N) is 2. The first-order valence-corrected chi connectivity index (χ1v) is 12.8. The molecule has 0 bridgehead atoms. The van der Waals surface area contributed by atoms with Crippen LogP contribution in [0.2, 0.25) is 0 Å². The van der Waals surface area contributed by atoms with Gasteiger partial charge in [-0.2, -0.15) is 0 Å². The van der Waals surface area contributed by atoms with E-state index in [0.29, 0.717) is 28.1 Å². The molecule has 0 fully saturated rings. The zero-order chi connectivity index (χ0) is 24.2. The summed E-state index contributed by atoms with van der Waals surface area (Å²) in [5, 5.41) is 8.04. The number of carbonyl (C=O) groups excluding carboxylic acids is 2. The highest BCUT2D eigenvalue weighted by atomic mass is 32.2. The second-order valence-electron chi connectivity index (χ2n) is 7.79. The van der Waals surface area contributed by atoms with Gasteiger partial charge in [0.1, 0.15) is 17.3 Å². The lowest BCUT2D eigenvalue weighted by Crippen LogP contribution is -2.25. The number of fused-ring (bicyclic) bond motifs is 2. The fraction of sp³-hybridized carbons (Fsp3) is 0.115. The second kappa shape index (κ2) is 10.3. The molecule has 0 saturated heterocycles. The van der Waals surface area contributed by atoms with Gasteiger partial charge in [0.2, 0.25) is 11.8 Å². The van der Waals surface area contributed by atoms with Crippen LogP contribution in [0, 0.1) is 5.82 Å². The number of nitrogens with zero attached hydrogens (tertiary/aromatic N) is 1. The third kappa shape index (κ3) is 5.36. The van der Waals surface area contributed by atoms with Crippen LogP contribution >= 0.6 is 23.1 Å². The molecule has 0 unspecified atom stereocenters. The Hall–Kier alpha value is -3.69. The zero-order valence-electron chi connectivity index (χ0n) is 18.4. The molecule has 176 valence electrons. The third-order valence-electron chi connectivity index (χ3n) is 5.34. The fourth-order valence-electron chi connectivity index (χ4n) is 3.78. The number of hydrogen-bond acceptors (Lipinski definition) is 6. The Morgan fingerprint density at radius 1 is 0.943 bits per heavy atom. The van der Waals surface area contributed by atoms with E-state index in [1.807, 2.05) is 53.9 Å². The lowest BCUT2D eigenvalue weighted by Gasteiger charge is -2.27. The Bertz CT molecular complexity index is 1330. The number of para-hydroxylation sites is 2. The largest absolute Gasteiger partial charge is 0.457 e. The van der Waals surface area contributed by atoms with Crippen LogP contribution in [0.15, 0.2) is 78.2 Å². The third-order valence-corrected chi connectivity index (χ3v) is 7.11. The van der Waals surface area contributed by atoms with Crippen molar-refractivity contribution in [3.63, 3.8) is 0 Å². The average molecular weight is 506 g/mol. The van der Waals surface area contributed by atoms with Crippen LogP contribution < -0.4 is 15.4 Å². The number of hydrogen-bond donors (Lipinski definition) is 2. The SMILES string of the molecule is O=C(CSCc1csc(NC(=O)C2c3ccccc3Oc3ccccc32)n1)Nc1ccc(F)cc1. The van der Waals surface area contributed by atoms with Gasteiger partial charge in [0.05, 0.1) is 17.4 Å². The van der Waals surface area contributed by atoms with Crippen molar-refractivity contribution in [1.82, 2.24) is 4.98 Å². The highest BCUT2D eigenvalue weighted by molar-refractivity contribution is 7.99. The van der Waals surface area contributed by atoms with E-state index in [1.54, 1.807) is 0 Å². The van der Waals surface area contributed by atoms with Gasteiger partial charge in [-0.3, -0.25) is 9.59 Å². The number of carbonyl (C=O) groups is 2. The number of aromatic nitrogens is 1. The van der Waals surface area contributed by atoms with Crippen molar-refractivity contribution in [2.24, 2.45) is 0 Å². The van der Waals surface area contributed by atoms with Crippen molar-refractivity contribution in [3.05, 3.63) is 101 Å². The van der Waals surface area contributed by atoms with Crippen molar-refractivity contribution in [2.45, 2.75) is 11.7 Å². The van der Waals surface area contributed by atoms with Crippen LogP contribution in [-0.4, -0.2) is 22.6 Å². The molecule has 1 aliphatic heterocycles. The van der Waals surface area contributed by atoms with Crippen LogP contribution in [0.3, 0.4) is 0 Å². The van der Waals surface area contributed by atoms with Gasteiger partial charge in [0, 0.05) is 27.9 Å². The van der Waals surface area contributed by atoms with Gasteiger partial charge >= 0.3 is 0 Å². The Morgan fingerprint density at radius 2 is 1.60 bits per heavy atom. The molecule has 6 nitrogen and oxygen atoms in total. The lowest BCUT2D eigenvalue weighted by atomic mass is 9.87. The molecule has 9 heteroatoms. The molecule has 3 aromatic carbocycles. The summed E-state index contributed by atoms with van der Waals surface area (Å²) in [6.45, 7) is 0. The normalized spacial score (nSPS) is 12.3. The van der Waals surface area contributed by atoms with Gasteiger partial charge < -0.3 is 15.4 Å². The molecule has 0 radical (unpaired) electrons. The molecule has 1 aromatic heterocycles. The first-order chi connectivity index (χ1) is 17.1. The molecule has 0 atom stereocenters. The van der Waals surface area contributed by atoms with Gasteiger partial charge in [0.15, 0.2) is 5.13 Å². The highest BCUT2D eigenvalue weighted by Crippen LogP contribution is 2.44. The average Bonchev–Trinajstić information content (AvgIpc) is 3.30. The maximum absolute atomic E-state index is 13.3. The summed E-state index contributed by atoms with van der Waals surface area (Å²) < 4.78 is 19.0. The molecule has 5 rings (SSSR count). The van der Waals surface area contributed by atoms with E-state index in [4.69, 9.17) is 4.74 Å². The van der Waals surface area contributed by atoms with E-state index in [1.165, 1.54) is 47.4 Å². The Morgan fingerprint density at radius 3 is 2.29 bits per heavy atom. The summed E-state index contributed by atoms with van der Waals surface area (Å²) in [5.41, 5.74) is 2.94. The molecule has 2 heterocycles. The van der Waals surface area contributed by atoms with Crippen molar-refractivity contribution in [2.75, 3.05) is 16.4 Å². The molecule has 0 saturated carbocycles. The summed E-state index contributed by atoms with van der Waals surface area (Å²) in [7, 11) is 0. The minimum Gasteiger partial charge on any atom is -0.457 e. The second-order valence-corrected chi connectivity index (χ2v) is 9.64. The number of amides is 2. The fourth-order valence-corrected chi connectivity index (χ4v) is 5.31. The molecule has 35 heavy (non-hydrogen) atoms. The summed E-state index contributed by atoms with van der Waals surface area (Å²) in [4.78, 5) is 29.9. The van der Waals surface area contributed by atoms with Crippen LogP contribution in [0.5, 0.6) is 11.5 Å². The molecular formula is C26H20FN3O3S2. The number of ether oxygens (including phenoxy) is 1. The minimum absolute atomic E-state index is 0.179. The first kappa shape index (κ1) is 23.1. The maximum Gasteiger partial charge on any atom is 0.238 e. The van der Waals surface area contributed by atoms with Crippen molar-refractivity contribution >= 4 is 45.7 Å². The van der Waals surface area contributed by atoms with Crippen molar-refractivity contribution < 1.29 is 18.7 Å².